The average Bonchev–Trinajstić information content (AvgIpc) is 2.30. The van der Waals surface area contributed by atoms with Crippen molar-refractivity contribution in [2.75, 3.05) is 0 Å². The Morgan fingerprint density at radius 3 is 2.94 bits per heavy atom. The molecule has 1 aliphatic carbocycles. The summed E-state index contributed by atoms with van der Waals surface area (Å²) >= 11 is 0. The van der Waals surface area contributed by atoms with Crippen LogP contribution in [0.2, 0.25) is 0 Å². The van der Waals surface area contributed by atoms with Gasteiger partial charge in [-0.15, -0.1) is 0 Å². The molecule has 0 aromatic heterocycles. The molecule has 0 fully saturated rings. The molecule has 0 radical (unpaired) electrons. The maximum Gasteiger partial charge on any atom is 0.243 e. The second-order valence-corrected chi connectivity index (χ2v) is 4.11. The number of rotatable bonds is 2. The maximum atomic E-state index is 13.6. The Labute approximate surface area is 98.3 Å². The van der Waals surface area contributed by atoms with E-state index >= 15 is 0 Å². The van der Waals surface area contributed by atoms with Crippen LogP contribution in [-0.4, -0.2) is 5.91 Å². The van der Waals surface area contributed by atoms with Crippen molar-refractivity contribution in [1.82, 2.24) is 5.32 Å². The van der Waals surface area contributed by atoms with Gasteiger partial charge in [0.05, 0.1) is 6.04 Å². The minimum Gasteiger partial charge on any atom is -0.346 e. The Bertz CT molecular complexity index is 471. The molecule has 90 valence electrons. The number of fused-ring (bicyclic) bond motifs is 1. The third-order valence-electron chi connectivity index (χ3n) is 2.99. The van der Waals surface area contributed by atoms with Gasteiger partial charge < -0.3 is 5.32 Å². The number of halogens is 2. The van der Waals surface area contributed by atoms with E-state index in [0.717, 1.165) is 18.6 Å². The number of nitrogens with one attached hydrogen (secondary N) is 1. The molecular weight excluding hydrogens is 224 g/mol. The van der Waals surface area contributed by atoms with Gasteiger partial charge in [-0.05, 0) is 42.5 Å². The molecule has 1 aromatic rings. The highest BCUT2D eigenvalue weighted by Crippen LogP contribution is 2.32. The Morgan fingerprint density at radius 2 is 2.24 bits per heavy atom. The van der Waals surface area contributed by atoms with Crippen LogP contribution in [0.15, 0.2) is 24.8 Å². The molecule has 1 N–H and O–H groups in total. The van der Waals surface area contributed by atoms with Gasteiger partial charge in [-0.25, -0.2) is 8.78 Å². The van der Waals surface area contributed by atoms with Gasteiger partial charge >= 0.3 is 0 Å². The second kappa shape index (κ2) is 4.65. The van der Waals surface area contributed by atoms with Gasteiger partial charge in [0.1, 0.15) is 11.6 Å². The van der Waals surface area contributed by atoms with E-state index in [9.17, 15) is 13.6 Å². The fourth-order valence-corrected chi connectivity index (χ4v) is 2.22. The van der Waals surface area contributed by atoms with E-state index in [1.807, 2.05) is 0 Å². The van der Waals surface area contributed by atoms with Gasteiger partial charge in [-0.2, -0.15) is 0 Å². The molecule has 4 heteroatoms. The molecule has 0 saturated carbocycles. The maximum absolute atomic E-state index is 13.6. The number of hydrogen-bond donors (Lipinski definition) is 1. The molecule has 1 atom stereocenters. The van der Waals surface area contributed by atoms with Gasteiger partial charge in [0.2, 0.25) is 5.91 Å². The zero-order chi connectivity index (χ0) is 12.4. The lowest BCUT2D eigenvalue weighted by atomic mass is 9.87. The van der Waals surface area contributed by atoms with Crippen LogP contribution in [-0.2, 0) is 11.2 Å². The van der Waals surface area contributed by atoms with E-state index in [1.54, 1.807) is 0 Å². The van der Waals surface area contributed by atoms with E-state index in [4.69, 9.17) is 0 Å². The highest BCUT2D eigenvalue weighted by atomic mass is 19.1. The molecule has 1 amide bonds. The van der Waals surface area contributed by atoms with Crippen LogP contribution in [0.4, 0.5) is 8.78 Å². The molecular formula is C13H13F2NO. The van der Waals surface area contributed by atoms with Crippen LogP contribution in [0.1, 0.15) is 30.0 Å². The van der Waals surface area contributed by atoms with Crippen molar-refractivity contribution < 1.29 is 13.6 Å². The van der Waals surface area contributed by atoms with Crippen molar-refractivity contribution in [2.24, 2.45) is 0 Å². The van der Waals surface area contributed by atoms with E-state index in [-0.39, 0.29) is 11.9 Å². The summed E-state index contributed by atoms with van der Waals surface area (Å²) in [6.07, 6.45) is 3.21. The summed E-state index contributed by atoms with van der Waals surface area (Å²) in [5.74, 6) is -1.47. The quantitative estimate of drug-likeness (QED) is 0.787. The smallest absolute Gasteiger partial charge is 0.243 e. The lowest BCUT2D eigenvalue weighted by Gasteiger charge is -2.26. The Kier molecular flexibility index (Phi) is 3.22. The molecule has 17 heavy (non-hydrogen) atoms. The van der Waals surface area contributed by atoms with Gasteiger partial charge in [-0.1, -0.05) is 6.58 Å². The first-order chi connectivity index (χ1) is 8.11. The van der Waals surface area contributed by atoms with Crippen molar-refractivity contribution in [3.63, 3.8) is 0 Å². The summed E-state index contributed by atoms with van der Waals surface area (Å²) in [7, 11) is 0. The minimum atomic E-state index is -0.610. The molecule has 0 unspecified atom stereocenters. The summed E-state index contributed by atoms with van der Waals surface area (Å²) in [6.45, 7) is 3.36. The normalized spacial score (nSPS) is 18.4. The van der Waals surface area contributed by atoms with Crippen molar-refractivity contribution in [3.8, 4) is 0 Å². The highest BCUT2D eigenvalue weighted by molar-refractivity contribution is 5.87. The molecule has 0 saturated heterocycles. The summed E-state index contributed by atoms with van der Waals surface area (Å²) < 4.78 is 26.7. The molecule has 0 bridgehead atoms. The van der Waals surface area contributed by atoms with Crippen molar-refractivity contribution >= 4 is 5.91 Å². The van der Waals surface area contributed by atoms with Gasteiger partial charge in [0.25, 0.3) is 0 Å². The highest BCUT2D eigenvalue weighted by Gasteiger charge is 2.24. The lowest BCUT2D eigenvalue weighted by Crippen LogP contribution is -2.30. The Hall–Kier alpha value is -1.71. The predicted octanol–water partition coefficient (Wildman–Crippen LogP) is 2.64. The summed E-state index contributed by atoms with van der Waals surface area (Å²) in [4.78, 5) is 11.2. The average molecular weight is 237 g/mol. The van der Waals surface area contributed by atoms with Crippen LogP contribution < -0.4 is 5.32 Å². The van der Waals surface area contributed by atoms with E-state index in [0.29, 0.717) is 24.0 Å². The van der Waals surface area contributed by atoms with Gasteiger partial charge in [-0.3, -0.25) is 4.79 Å². The summed E-state index contributed by atoms with van der Waals surface area (Å²) in [5.41, 5.74) is 1.05. The zero-order valence-corrected chi connectivity index (χ0v) is 9.30. The van der Waals surface area contributed by atoms with Crippen LogP contribution in [0.25, 0.3) is 0 Å². The topological polar surface area (TPSA) is 29.1 Å². The number of carbonyl (C=O) groups excluding carboxylic acids is 1. The fourth-order valence-electron chi connectivity index (χ4n) is 2.22. The molecule has 0 heterocycles. The molecule has 1 aliphatic rings. The lowest BCUT2D eigenvalue weighted by molar-refractivity contribution is -0.117. The van der Waals surface area contributed by atoms with E-state index in [1.165, 1.54) is 6.07 Å². The van der Waals surface area contributed by atoms with Gasteiger partial charge in [0, 0.05) is 6.07 Å². The summed E-state index contributed by atoms with van der Waals surface area (Å²) in [5, 5.41) is 2.69. The molecule has 1 aromatic carbocycles. The third kappa shape index (κ3) is 2.35. The largest absolute Gasteiger partial charge is 0.346 e. The standard InChI is InChI=1S/C13H13F2NO/c1-2-13(17)16-12-5-3-4-9-10(12)6-8(14)7-11(9)15/h2,6-7,12H,1,3-5H2,(H,16,17)/t12-/m1/s1. The number of benzene rings is 1. The van der Waals surface area contributed by atoms with Crippen molar-refractivity contribution in [3.05, 3.63) is 47.5 Å². The molecule has 0 spiro atoms. The molecule has 2 nitrogen and oxygen atoms in total. The monoisotopic (exact) mass is 237 g/mol. The first kappa shape index (κ1) is 11.8. The van der Waals surface area contributed by atoms with Crippen molar-refractivity contribution in [2.45, 2.75) is 25.3 Å². The molecule has 0 aliphatic heterocycles. The number of hydrogen-bond acceptors (Lipinski definition) is 1. The first-order valence-electron chi connectivity index (χ1n) is 5.52. The van der Waals surface area contributed by atoms with Crippen LogP contribution >= 0.6 is 0 Å². The SMILES string of the molecule is C=CC(=O)N[C@@H]1CCCc2c(F)cc(F)cc21. The Morgan fingerprint density at radius 1 is 1.47 bits per heavy atom. The third-order valence-corrected chi connectivity index (χ3v) is 2.99. The minimum absolute atomic E-state index is 0.325. The van der Waals surface area contributed by atoms with E-state index < -0.39 is 11.6 Å². The van der Waals surface area contributed by atoms with Gasteiger partial charge in [0.15, 0.2) is 0 Å². The summed E-state index contributed by atoms with van der Waals surface area (Å²) in [6, 6.07) is 1.86. The predicted molar refractivity (Wildman–Crippen MR) is 60.4 cm³/mol. The second-order valence-electron chi connectivity index (χ2n) is 4.11. The fraction of sp³-hybridized carbons (Fsp3) is 0.308. The zero-order valence-electron chi connectivity index (χ0n) is 9.30. The number of carbonyl (C=O) groups is 1. The van der Waals surface area contributed by atoms with E-state index in [2.05, 4.69) is 11.9 Å². The van der Waals surface area contributed by atoms with Crippen molar-refractivity contribution in [1.29, 1.82) is 0 Å². The number of amides is 1. The van der Waals surface area contributed by atoms with Crippen LogP contribution in [0.3, 0.4) is 0 Å². The van der Waals surface area contributed by atoms with Crippen LogP contribution in [0, 0.1) is 11.6 Å². The first-order valence-corrected chi connectivity index (χ1v) is 5.52. The molecule has 2 rings (SSSR count). The Balaban J connectivity index is 2.36. The van der Waals surface area contributed by atoms with Crippen LogP contribution in [0.5, 0.6) is 0 Å².